The number of amides is 2. The zero-order valence-electron chi connectivity index (χ0n) is 14.5. The quantitative estimate of drug-likeness (QED) is 0.660. The van der Waals surface area contributed by atoms with Gasteiger partial charge in [-0.3, -0.25) is 0 Å². The van der Waals surface area contributed by atoms with Crippen molar-refractivity contribution in [1.82, 2.24) is 5.32 Å². The van der Waals surface area contributed by atoms with Crippen molar-refractivity contribution >= 4 is 33.7 Å². The van der Waals surface area contributed by atoms with E-state index in [1.54, 1.807) is 13.2 Å². The summed E-state index contributed by atoms with van der Waals surface area (Å²) in [7, 11) is 1.56. The van der Waals surface area contributed by atoms with E-state index in [0.717, 1.165) is 16.4 Å². The van der Waals surface area contributed by atoms with Gasteiger partial charge in [-0.05, 0) is 25.0 Å². The molecule has 0 radical (unpaired) electrons. The molecule has 2 unspecified atom stereocenters. The lowest BCUT2D eigenvalue weighted by Gasteiger charge is -2.20. The molecule has 2 atom stereocenters. The monoisotopic (exact) mass is 342 g/mol. The van der Waals surface area contributed by atoms with Gasteiger partial charge in [0.05, 0.1) is 12.8 Å². The van der Waals surface area contributed by atoms with Crippen molar-refractivity contribution in [3.8, 4) is 5.75 Å². The smallest absolute Gasteiger partial charge is 0.319 e. The number of hydrogen-bond donors (Lipinski definition) is 3. The molecule has 0 bridgehead atoms. The van der Waals surface area contributed by atoms with Crippen LogP contribution in [0.25, 0.3) is 21.9 Å². The standard InChI is InChI=1S/C19H22N2O4/c1-11(10-22)12(2)20-19(23)21-15-9-17-14(8-18(15)24-3)13-6-4-5-7-16(13)25-17/h4-9,11-12,22H,10H2,1-3H3,(H2,20,21,23). The first-order valence-electron chi connectivity index (χ1n) is 8.21. The van der Waals surface area contributed by atoms with Crippen molar-refractivity contribution in [2.45, 2.75) is 19.9 Å². The van der Waals surface area contributed by atoms with Crippen LogP contribution in [0.1, 0.15) is 13.8 Å². The maximum atomic E-state index is 12.2. The van der Waals surface area contributed by atoms with Gasteiger partial charge in [-0.15, -0.1) is 0 Å². The van der Waals surface area contributed by atoms with Gasteiger partial charge in [0.15, 0.2) is 0 Å². The minimum atomic E-state index is -0.360. The fourth-order valence-electron chi connectivity index (χ4n) is 2.68. The van der Waals surface area contributed by atoms with E-state index in [1.165, 1.54) is 0 Å². The van der Waals surface area contributed by atoms with Crippen LogP contribution < -0.4 is 15.4 Å². The second kappa shape index (κ2) is 7.03. The molecule has 0 saturated heterocycles. The van der Waals surface area contributed by atoms with Gasteiger partial charge in [0.2, 0.25) is 0 Å². The lowest BCUT2D eigenvalue weighted by atomic mass is 10.1. The van der Waals surface area contributed by atoms with Crippen molar-refractivity contribution in [2.75, 3.05) is 19.0 Å². The third-order valence-electron chi connectivity index (χ3n) is 4.45. The number of anilines is 1. The first-order valence-corrected chi connectivity index (χ1v) is 8.21. The fourth-order valence-corrected chi connectivity index (χ4v) is 2.68. The third-order valence-corrected chi connectivity index (χ3v) is 4.45. The number of nitrogens with one attached hydrogen (secondary N) is 2. The highest BCUT2D eigenvalue weighted by Crippen LogP contribution is 2.36. The van der Waals surface area contributed by atoms with Crippen molar-refractivity contribution in [3.05, 3.63) is 36.4 Å². The predicted molar refractivity (Wildman–Crippen MR) is 98.1 cm³/mol. The highest BCUT2D eigenvalue weighted by Gasteiger charge is 2.17. The van der Waals surface area contributed by atoms with E-state index in [-0.39, 0.29) is 24.6 Å². The van der Waals surface area contributed by atoms with Crippen LogP contribution in [0.15, 0.2) is 40.8 Å². The van der Waals surface area contributed by atoms with Crippen molar-refractivity contribution in [1.29, 1.82) is 0 Å². The molecular weight excluding hydrogens is 320 g/mol. The molecule has 0 spiro atoms. The molecule has 25 heavy (non-hydrogen) atoms. The molecule has 2 aromatic carbocycles. The van der Waals surface area contributed by atoms with E-state index >= 15 is 0 Å². The molecule has 2 amide bonds. The number of carbonyl (C=O) groups excluding carboxylic acids is 1. The summed E-state index contributed by atoms with van der Waals surface area (Å²) in [6, 6.07) is 10.8. The molecular formula is C19H22N2O4. The minimum absolute atomic E-state index is 0.00963. The van der Waals surface area contributed by atoms with E-state index in [0.29, 0.717) is 17.0 Å². The van der Waals surface area contributed by atoms with Crippen molar-refractivity contribution in [3.63, 3.8) is 0 Å². The number of aliphatic hydroxyl groups excluding tert-OH is 1. The van der Waals surface area contributed by atoms with E-state index in [9.17, 15) is 9.90 Å². The molecule has 0 saturated carbocycles. The van der Waals surface area contributed by atoms with Crippen LogP contribution in [0.2, 0.25) is 0 Å². The maximum absolute atomic E-state index is 12.2. The number of aliphatic hydroxyl groups is 1. The van der Waals surface area contributed by atoms with E-state index < -0.39 is 0 Å². The Labute approximate surface area is 145 Å². The van der Waals surface area contributed by atoms with E-state index in [2.05, 4.69) is 10.6 Å². The number of methoxy groups -OCH3 is 1. The van der Waals surface area contributed by atoms with Gasteiger partial charge in [0, 0.05) is 29.5 Å². The van der Waals surface area contributed by atoms with E-state index in [4.69, 9.17) is 9.15 Å². The second-order valence-corrected chi connectivity index (χ2v) is 6.19. The fraction of sp³-hybridized carbons (Fsp3) is 0.316. The number of para-hydroxylation sites is 1. The summed E-state index contributed by atoms with van der Waals surface area (Å²) in [6.07, 6.45) is 0. The van der Waals surface area contributed by atoms with Gasteiger partial charge in [-0.1, -0.05) is 25.1 Å². The number of benzene rings is 2. The normalized spacial score (nSPS) is 13.6. The summed E-state index contributed by atoms with van der Waals surface area (Å²) in [5, 5.41) is 16.7. The molecule has 3 N–H and O–H groups in total. The van der Waals surface area contributed by atoms with Gasteiger partial charge < -0.3 is 24.9 Å². The van der Waals surface area contributed by atoms with Gasteiger partial charge in [0.25, 0.3) is 0 Å². The SMILES string of the molecule is COc1cc2c(cc1NC(=O)NC(C)C(C)CO)oc1ccccc12. The summed E-state index contributed by atoms with van der Waals surface area (Å²) in [5.74, 6) is 0.516. The van der Waals surface area contributed by atoms with Crippen LogP contribution in [0, 0.1) is 5.92 Å². The summed E-state index contributed by atoms with van der Waals surface area (Å²) in [4.78, 5) is 12.2. The number of fused-ring (bicyclic) bond motifs is 3. The van der Waals surface area contributed by atoms with Crippen LogP contribution in [0.4, 0.5) is 10.5 Å². The lowest BCUT2D eigenvalue weighted by Crippen LogP contribution is -2.40. The molecule has 3 aromatic rings. The molecule has 0 aliphatic carbocycles. The summed E-state index contributed by atoms with van der Waals surface area (Å²) in [6.45, 7) is 3.72. The first kappa shape index (κ1) is 17.1. The topological polar surface area (TPSA) is 83.7 Å². The van der Waals surface area contributed by atoms with Crippen molar-refractivity contribution in [2.24, 2.45) is 5.92 Å². The second-order valence-electron chi connectivity index (χ2n) is 6.19. The Morgan fingerprint density at radius 2 is 1.96 bits per heavy atom. The largest absolute Gasteiger partial charge is 0.495 e. The minimum Gasteiger partial charge on any atom is -0.495 e. The summed E-state index contributed by atoms with van der Waals surface area (Å²) >= 11 is 0. The van der Waals surface area contributed by atoms with Crippen LogP contribution in [-0.4, -0.2) is 30.9 Å². The number of urea groups is 1. The first-order chi connectivity index (χ1) is 12.0. The van der Waals surface area contributed by atoms with Gasteiger partial charge in [0.1, 0.15) is 16.9 Å². The maximum Gasteiger partial charge on any atom is 0.319 e. The van der Waals surface area contributed by atoms with E-state index in [1.807, 2.05) is 44.2 Å². The molecule has 3 rings (SSSR count). The molecule has 1 aromatic heterocycles. The zero-order chi connectivity index (χ0) is 18.0. The third kappa shape index (κ3) is 3.39. The summed E-state index contributed by atoms with van der Waals surface area (Å²) in [5.41, 5.74) is 1.98. The average molecular weight is 342 g/mol. The highest BCUT2D eigenvalue weighted by molar-refractivity contribution is 6.07. The number of rotatable bonds is 5. The molecule has 132 valence electrons. The van der Waals surface area contributed by atoms with Crippen LogP contribution in [0.5, 0.6) is 5.75 Å². The molecule has 6 heteroatoms. The van der Waals surface area contributed by atoms with Crippen LogP contribution >= 0.6 is 0 Å². The molecule has 1 heterocycles. The highest BCUT2D eigenvalue weighted by atomic mass is 16.5. The predicted octanol–water partition coefficient (Wildman–Crippen LogP) is 3.73. The van der Waals surface area contributed by atoms with Crippen LogP contribution in [-0.2, 0) is 0 Å². The van der Waals surface area contributed by atoms with Gasteiger partial charge in [-0.2, -0.15) is 0 Å². The number of furan rings is 1. The average Bonchev–Trinajstić information content (AvgIpc) is 2.97. The Morgan fingerprint density at radius 1 is 1.20 bits per heavy atom. The van der Waals surface area contributed by atoms with Crippen LogP contribution in [0.3, 0.4) is 0 Å². The Kier molecular flexibility index (Phi) is 4.81. The Hall–Kier alpha value is -2.73. The molecule has 0 fully saturated rings. The zero-order valence-corrected chi connectivity index (χ0v) is 14.5. The number of ether oxygens (including phenoxy) is 1. The van der Waals surface area contributed by atoms with Gasteiger partial charge in [-0.25, -0.2) is 4.79 Å². The Morgan fingerprint density at radius 3 is 2.68 bits per heavy atom. The van der Waals surface area contributed by atoms with Gasteiger partial charge >= 0.3 is 6.03 Å². The molecule has 6 nitrogen and oxygen atoms in total. The summed E-state index contributed by atoms with van der Waals surface area (Å²) < 4.78 is 11.3. The van der Waals surface area contributed by atoms with Crippen molar-refractivity contribution < 1.29 is 19.1 Å². The molecule has 0 aliphatic rings. The lowest BCUT2D eigenvalue weighted by molar-refractivity contribution is 0.204. The number of carbonyl (C=O) groups is 1. The molecule has 0 aliphatic heterocycles. The number of hydrogen-bond acceptors (Lipinski definition) is 4. The Bertz CT molecular complexity index is 903. The Balaban J connectivity index is 1.90.